The fourth-order valence-electron chi connectivity index (χ4n) is 9.09. The van der Waals surface area contributed by atoms with Gasteiger partial charge < -0.3 is 54.2 Å². The summed E-state index contributed by atoms with van der Waals surface area (Å²) in [4.78, 5) is 57.2. The van der Waals surface area contributed by atoms with Crippen molar-refractivity contribution in [1.29, 1.82) is 0 Å². The summed E-state index contributed by atoms with van der Waals surface area (Å²) in [6.45, 7) is 10.5. The summed E-state index contributed by atoms with van der Waals surface area (Å²) < 4.78 is 1.76. The number of hydrogen-bond donors (Lipinski definition) is 3. The molecule has 4 atom stereocenters. The van der Waals surface area contributed by atoms with Crippen LogP contribution >= 0.6 is 0 Å². The number of fused-ring (bicyclic) bond motifs is 7. The van der Waals surface area contributed by atoms with Gasteiger partial charge in [-0.3, -0.25) is 19.4 Å². The van der Waals surface area contributed by atoms with E-state index >= 15 is 0 Å². The topological polar surface area (TPSA) is 137 Å². The summed E-state index contributed by atoms with van der Waals surface area (Å²) in [5.41, 5.74) is 5.91. The van der Waals surface area contributed by atoms with Gasteiger partial charge in [-0.15, -0.1) is 0 Å². The van der Waals surface area contributed by atoms with E-state index in [2.05, 4.69) is 16.4 Å². The molecule has 262 valence electrons. The SMILES string of the molecule is C[C@@H](O)[C@H]1C(=O)N2C(C(=O)O)=C(c3ccc4c(c3)-c3ccc(C[N+]56CC[N+](CC(=O)Nc7ccncc7)(CC5)CC6)cc3C4=O)[C@H](C)[C@H]12.[Cl-].[Cl-]. The van der Waals surface area contributed by atoms with Crippen molar-refractivity contribution in [3.63, 3.8) is 0 Å². The lowest BCUT2D eigenvalue weighted by Gasteiger charge is -2.55. The van der Waals surface area contributed by atoms with Gasteiger partial charge in [-0.1, -0.05) is 25.1 Å². The molecule has 4 saturated heterocycles. The minimum absolute atomic E-state index is 0. The molecule has 3 aromatic rings. The first-order chi connectivity index (χ1) is 23.0. The molecule has 6 heterocycles. The predicted molar refractivity (Wildman–Crippen MR) is 176 cm³/mol. The molecule has 0 radical (unpaired) electrons. The lowest BCUT2D eigenvalue weighted by atomic mass is 9.76. The molecule has 2 aromatic carbocycles. The van der Waals surface area contributed by atoms with Crippen LogP contribution < -0.4 is 30.1 Å². The first-order valence-corrected chi connectivity index (χ1v) is 16.7. The van der Waals surface area contributed by atoms with Crippen molar-refractivity contribution in [2.24, 2.45) is 11.8 Å². The van der Waals surface area contributed by atoms with E-state index in [4.69, 9.17) is 0 Å². The Balaban J connectivity index is 0.00000216. The maximum Gasteiger partial charge on any atom is 0.352 e. The second-order valence-corrected chi connectivity index (χ2v) is 14.4. The molecule has 0 unspecified atom stereocenters. The first-order valence-electron chi connectivity index (χ1n) is 16.7. The number of amides is 2. The molecule has 13 heteroatoms. The summed E-state index contributed by atoms with van der Waals surface area (Å²) in [6, 6.07) is 14.8. The molecule has 4 fully saturated rings. The number of carboxylic acid groups (broad SMARTS) is 1. The van der Waals surface area contributed by atoms with Crippen LogP contribution in [0.5, 0.6) is 0 Å². The minimum atomic E-state index is -1.18. The number of benzene rings is 2. The minimum Gasteiger partial charge on any atom is -1.00 e. The van der Waals surface area contributed by atoms with Crippen molar-refractivity contribution < 1.29 is 63.2 Å². The summed E-state index contributed by atoms with van der Waals surface area (Å²) in [5, 5.41) is 23.4. The van der Waals surface area contributed by atoms with Crippen LogP contribution in [0.3, 0.4) is 0 Å². The summed E-state index contributed by atoms with van der Waals surface area (Å²) >= 11 is 0. The monoisotopic (exact) mass is 719 g/mol. The first kappa shape index (κ1) is 35.7. The van der Waals surface area contributed by atoms with Gasteiger partial charge in [0.15, 0.2) is 12.3 Å². The van der Waals surface area contributed by atoms with Crippen LogP contribution in [0.2, 0.25) is 0 Å². The molecule has 6 aliphatic rings. The maximum absolute atomic E-state index is 13.7. The average Bonchev–Trinajstić information content (AvgIpc) is 3.49. The zero-order valence-corrected chi connectivity index (χ0v) is 29.3. The van der Waals surface area contributed by atoms with E-state index in [9.17, 15) is 29.4 Å². The number of aliphatic hydroxyl groups is 1. The number of carboxylic acids is 1. The van der Waals surface area contributed by atoms with Gasteiger partial charge in [0.25, 0.3) is 5.91 Å². The van der Waals surface area contributed by atoms with Crippen LogP contribution in [0.25, 0.3) is 16.7 Å². The Morgan fingerprint density at radius 1 is 0.900 bits per heavy atom. The van der Waals surface area contributed by atoms with Gasteiger partial charge >= 0.3 is 5.97 Å². The van der Waals surface area contributed by atoms with E-state index in [1.54, 1.807) is 43.6 Å². The van der Waals surface area contributed by atoms with Gasteiger partial charge in [0, 0.05) is 40.7 Å². The number of β-lactam (4-membered cyclic amide) rings is 1. The van der Waals surface area contributed by atoms with Crippen LogP contribution in [0.4, 0.5) is 5.69 Å². The summed E-state index contributed by atoms with van der Waals surface area (Å²) in [5.74, 6) is -2.48. The van der Waals surface area contributed by atoms with Crippen LogP contribution in [-0.4, -0.2) is 111 Å². The van der Waals surface area contributed by atoms with Crippen LogP contribution in [-0.2, 0) is 20.9 Å². The molecule has 1 aromatic heterocycles. The Morgan fingerprint density at radius 3 is 2.18 bits per heavy atom. The highest BCUT2D eigenvalue weighted by Gasteiger charge is 2.60. The number of piperazine rings is 3. The molecule has 11 nitrogen and oxygen atoms in total. The highest BCUT2D eigenvalue weighted by Crippen LogP contribution is 2.51. The number of quaternary nitrogens is 2. The third-order valence-electron chi connectivity index (χ3n) is 11.7. The van der Waals surface area contributed by atoms with E-state index in [1.165, 1.54) is 4.90 Å². The van der Waals surface area contributed by atoms with Crippen molar-refractivity contribution >= 4 is 34.8 Å². The Labute approximate surface area is 302 Å². The summed E-state index contributed by atoms with van der Waals surface area (Å²) in [6.07, 6.45) is 2.47. The number of carbonyl (C=O) groups excluding carboxylic acids is 3. The number of hydrogen-bond acceptors (Lipinski definition) is 6. The standard InChI is InChI=1S/C37H37N5O6.2ClH/c1-21-31(34(37(47)48)40-33(21)32(22(2)43)36(40)46)24-4-6-27-28(18-24)26-5-3-23(17-29(26)35(27)45)19-41-11-14-42(15-12-41,16-13-41)20-30(44)39-25-7-9-38-10-8-25;;/h3-10,17-18,21-22,32-33,43H,11-16,19-20H2,1-2H3;2*1H/t21-,22+,32+,33+,41?,42?;;/m0../s1. The molecule has 5 aliphatic heterocycles. The largest absolute Gasteiger partial charge is 1.00 e. The van der Waals surface area contributed by atoms with Gasteiger partial charge in [-0.25, -0.2) is 4.79 Å². The van der Waals surface area contributed by atoms with Crippen molar-refractivity contribution in [2.75, 3.05) is 51.1 Å². The molecule has 2 bridgehead atoms. The van der Waals surface area contributed by atoms with Crippen LogP contribution in [0.15, 0.2) is 66.6 Å². The normalized spacial score (nSPS) is 27.7. The van der Waals surface area contributed by atoms with Crippen molar-refractivity contribution in [3.8, 4) is 11.1 Å². The fraction of sp³-hybridized carbons (Fsp3) is 0.378. The van der Waals surface area contributed by atoms with Gasteiger partial charge in [-0.2, -0.15) is 0 Å². The number of nitrogens with zero attached hydrogens (tertiary/aromatic N) is 4. The number of ketones is 1. The molecule has 2 amide bonds. The van der Waals surface area contributed by atoms with Gasteiger partial charge in [-0.05, 0) is 59.5 Å². The highest BCUT2D eigenvalue weighted by atomic mass is 35.5. The molecule has 3 N–H and O–H groups in total. The van der Waals surface area contributed by atoms with Crippen molar-refractivity contribution in [2.45, 2.75) is 32.5 Å². The Hall–Kier alpha value is -4.13. The Bertz CT molecular complexity index is 1920. The zero-order valence-electron chi connectivity index (χ0n) is 27.8. The molecular formula is C37H39Cl2N5O6. The number of nitrogens with one attached hydrogen (secondary N) is 1. The maximum atomic E-state index is 13.7. The van der Waals surface area contributed by atoms with Gasteiger partial charge in [0.2, 0.25) is 5.91 Å². The number of halogens is 2. The lowest BCUT2D eigenvalue weighted by molar-refractivity contribution is -1.08. The fourth-order valence-corrected chi connectivity index (χ4v) is 9.09. The van der Waals surface area contributed by atoms with Crippen LogP contribution in [0, 0.1) is 11.8 Å². The van der Waals surface area contributed by atoms with Crippen molar-refractivity contribution in [1.82, 2.24) is 9.88 Å². The third kappa shape index (κ3) is 5.52. The van der Waals surface area contributed by atoms with E-state index in [0.717, 1.165) is 77.2 Å². The molecular weight excluding hydrogens is 681 g/mol. The smallest absolute Gasteiger partial charge is 0.352 e. The number of pyridine rings is 1. The van der Waals surface area contributed by atoms with Gasteiger partial charge in [0.05, 0.1) is 18.1 Å². The number of anilines is 1. The van der Waals surface area contributed by atoms with E-state index in [0.29, 0.717) is 28.8 Å². The molecule has 0 saturated carbocycles. The quantitative estimate of drug-likeness (QED) is 0.129. The molecule has 0 spiro atoms. The highest BCUT2D eigenvalue weighted by molar-refractivity contribution is 6.22. The van der Waals surface area contributed by atoms with E-state index in [-0.39, 0.29) is 54.0 Å². The number of aromatic nitrogens is 1. The number of aliphatic hydroxyl groups excluding tert-OH is 1. The number of carbonyl (C=O) groups is 4. The molecule has 9 rings (SSSR count). The van der Waals surface area contributed by atoms with Crippen molar-refractivity contribution in [3.05, 3.63) is 88.9 Å². The Morgan fingerprint density at radius 2 is 1.54 bits per heavy atom. The zero-order chi connectivity index (χ0) is 33.5. The van der Waals surface area contributed by atoms with Crippen LogP contribution in [0.1, 0.15) is 40.9 Å². The van der Waals surface area contributed by atoms with Gasteiger partial charge in [0.1, 0.15) is 51.5 Å². The number of rotatable bonds is 8. The number of aliphatic carboxylic acids is 1. The Kier molecular flexibility index (Phi) is 9.20. The molecule has 1 aliphatic carbocycles. The van der Waals surface area contributed by atoms with E-state index < -0.39 is 24.0 Å². The second kappa shape index (κ2) is 12.9. The second-order valence-electron chi connectivity index (χ2n) is 14.4. The molecule has 50 heavy (non-hydrogen) atoms. The summed E-state index contributed by atoms with van der Waals surface area (Å²) in [7, 11) is 0. The predicted octanol–water partition coefficient (Wildman–Crippen LogP) is -3.25. The third-order valence-corrected chi connectivity index (χ3v) is 11.7. The average molecular weight is 721 g/mol. The van der Waals surface area contributed by atoms with E-state index in [1.807, 2.05) is 25.1 Å². The lowest BCUT2D eigenvalue weighted by Crippen LogP contribution is -3.00.